The molecule has 9 nitrogen and oxygen atoms in total. The minimum atomic E-state index is -4.37. The van der Waals surface area contributed by atoms with E-state index in [1.165, 1.54) is 0 Å². The molecule has 0 saturated carbocycles. The van der Waals surface area contributed by atoms with Crippen LogP contribution in [0.1, 0.15) is 61.3 Å². The highest BCUT2D eigenvalue weighted by atomic mass is 31.3. The Balaban J connectivity index is 7.29. The quantitative estimate of drug-likeness (QED) is 0.230. The molecule has 0 aromatic rings. The van der Waals surface area contributed by atoms with Crippen molar-refractivity contribution in [2.24, 2.45) is 0 Å². The van der Waals surface area contributed by atoms with Crippen LogP contribution in [0.4, 0.5) is 0 Å². The summed E-state index contributed by atoms with van der Waals surface area (Å²) in [5, 5.41) is 0. The van der Waals surface area contributed by atoms with Gasteiger partial charge in [0.1, 0.15) is 0 Å². The van der Waals surface area contributed by atoms with Gasteiger partial charge in [-0.15, -0.1) is 0 Å². The first kappa shape index (κ1) is 28.5. The van der Waals surface area contributed by atoms with Crippen molar-refractivity contribution in [2.45, 2.75) is 65.9 Å². The highest BCUT2D eigenvalue weighted by molar-refractivity contribution is 7.90. The van der Waals surface area contributed by atoms with Gasteiger partial charge in [0.2, 0.25) is 0 Å². The molecule has 0 aromatic heterocycles. The standard InChI is InChI=1S/C16H37O9P3/c1-8-15-16(26(17,20-9-2)21-10-3,27(18,22-11-4)23-12-5)28(19,24-13-6)25-14-7/h8-15H2,1-7H3. The van der Waals surface area contributed by atoms with E-state index in [1.54, 1.807) is 48.5 Å². The van der Waals surface area contributed by atoms with Gasteiger partial charge in [0.15, 0.2) is 0 Å². The molecule has 0 aromatic carbocycles. The van der Waals surface area contributed by atoms with Gasteiger partial charge in [-0.05, 0) is 48.0 Å². The molecule has 0 rings (SSSR count). The van der Waals surface area contributed by atoms with E-state index in [-0.39, 0.29) is 46.1 Å². The zero-order valence-corrected chi connectivity index (χ0v) is 20.9. The molecular formula is C16H37O9P3. The third-order valence-electron chi connectivity index (χ3n) is 3.70. The second-order valence-electron chi connectivity index (χ2n) is 5.52. The Kier molecular flexibility index (Phi) is 13.2. The smallest absolute Gasteiger partial charge is 0.308 e. The van der Waals surface area contributed by atoms with Gasteiger partial charge in [-0.1, -0.05) is 13.3 Å². The van der Waals surface area contributed by atoms with Gasteiger partial charge < -0.3 is 27.1 Å². The lowest BCUT2D eigenvalue weighted by molar-refractivity contribution is 0.164. The maximum atomic E-state index is 14.1. The van der Waals surface area contributed by atoms with Gasteiger partial charge >= 0.3 is 22.8 Å². The van der Waals surface area contributed by atoms with E-state index < -0.39 is 27.4 Å². The van der Waals surface area contributed by atoms with Crippen molar-refractivity contribution >= 4 is 22.8 Å². The first-order valence-corrected chi connectivity index (χ1v) is 14.5. The van der Waals surface area contributed by atoms with E-state index in [4.69, 9.17) is 27.1 Å². The average molecular weight is 466 g/mol. The van der Waals surface area contributed by atoms with Gasteiger partial charge in [0, 0.05) is 0 Å². The highest BCUT2D eigenvalue weighted by Gasteiger charge is 2.76. The van der Waals surface area contributed by atoms with Crippen molar-refractivity contribution in [1.29, 1.82) is 0 Å². The fourth-order valence-electron chi connectivity index (χ4n) is 2.95. The number of hydrogen-bond donors (Lipinski definition) is 0. The van der Waals surface area contributed by atoms with Gasteiger partial charge in [0.25, 0.3) is 4.64 Å². The molecule has 28 heavy (non-hydrogen) atoms. The minimum absolute atomic E-state index is 0.0285. The summed E-state index contributed by atoms with van der Waals surface area (Å²) in [6.45, 7) is 11.3. The second-order valence-corrected chi connectivity index (χ2v) is 13.4. The van der Waals surface area contributed by atoms with E-state index in [2.05, 4.69) is 0 Å². The second kappa shape index (κ2) is 13.0. The Morgan fingerprint density at radius 2 is 0.714 bits per heavy atom. The first-order chi connectivity index (χ1) is 13.2. The van der Waals surface area contributed by atoms with Crippen molar-refractivity contribution in [1.82, 2.24) is 0 Å². The summed E-state index contributed by atoms with van der Waals surface area (Å²) in [4.78, 5) is 0. The van der Waals surface area contributed by atoms with Crippen molar-refractivity contribution in [3.8, 4) is 0 Å². The molecule has 0 fully saturated rings. The monoisotopic (exact) mass is 466 g/mol. The van der Waals surface area contributed by atoms with E-state index in [9.17, 15) is 13.7 Å². The maximum absolute atomic E-state index is 14.1. The fraction of sp³-hybridized carbons (Fsp3) is 1.00. The van der Waals surface area contributed by atoms with Crippen LogP contribution < -0.4 is 0 Å². The largest absolute Gasteiger partial charge is 0.361 e. The predicted octanol–water partition coefficient (Wildman–Crippen LogP) is 6.24. The van der Waals surface area contributed by atoms with Crippen LogP contribution in [0.15, 0.2) is 0 Å². The van der Waals surface area contributed by atoms with E-state index in [0.29, 0.717) is 6.42 Å². The van der Waals surface area contributed by atoms with Crippen molar-refractivity contribution in [2.75, 3.05) is 39.6 Å². The van der Waals surface area contributed by atoms with Crippen LogP contribution >= 0.6 is 22.8 Å². The predicted molar refractivity (Wildman–Crippen MR) is 110 cm³/mol. The molecule has 0 amide bonds. The summed E-state index contributed by atoms with van der Waals surface area (Å²) in [7, 11) is -13.1. The van der Waals surface area contributed by atoms with E-state index in [0.717, 1.165) is 0 Å². The molecule has 12 heteroatoms. The summed E-state index contributed by atoms with van der Waals surface area (Å²) >= 11 is 0. The Labute approximate surface area is 169 Å². The average Bonchev–Trinajstić information content (AvgIpc) is 2.60. The summed E-state index contributed by atoms with van der Waals surface area (Å²) in [5.74, 6) is 0. The zero-order valence-electron chi connectivity index (χ0n) is 18.2. The summed E-state index contributed by atoms with van der Waals surface area (Å²) in [6, 6.07) is 0. The molecule has 0 unspecified atom stereocenters. The fourth-order valence-corrected chi connectivity index (χ4v) is 13.6. The van der Waals surface area contributed by atoms with Crippen LogP contribution in [-0.4, -0.2) is 44.3 Å². The van der Waals surface area contributed by atoms with Crippen LogP contribution in [0.25, 0.3) is 0 Å². The molecular weight excluding hydrogens is 429 g/mol. The molecule has 0 saturated heterocycles. The Hall–Kier alpha value is 0.450. The Morgan fingerprint density at radius 1 is 0.500 bits per heavy atom. The molecule has 0 aliphatic carbocycles. The lowest BCUT2D eigenvalue weighted by Crippen LogP contribution is -2.35. The molecule has 0 aliphatic rings. The molecule has 0 N–H and O–H groups in total. The maximum Gasteiger partial charge on any atom is 0.361 e. The molecule has 0 bridgehead atoms. The van der Waals surface area contributed by atoms with Gasteiger partial charge in [-0.2, -0.15) is 0 Å². The number of hydrogen-bond acceptors (Lipinski definition) is 9. The Bertz CT molecular complexity index is 478. The molecule has 0 aliphatic heterocycles. The molecule has 0 heterocycles. The Morgan fingerprint density at radius 3 is 0.857 bits per heavy atom. The first-order valence-electron chi connectivity index (χ1n) is 9.85. The van der Waals surface area contributed by atoms with Crippen LogP contribution in [0.2, 0.25) is 0 Å². The van der Waals surface area contributed by atoms with Crippen LogP contribution in [0.5, 0.6) is 0 Å². The SMILES string of the molecule is CCCC(P(=O)(OCC)OCC)(P(=O)(OCC)OCC)P(=O)(OCC)OCC. The van der Waals surface area contributed by atoms with Gasteiger partial charge in [0.05, 0.1) is 39.6 Å². The third kappa shape index (κ3) is 5.57. The lowest BCUT2D eigenvalue weighted by atomic mass is 10.4. The third-order valence-corrected chi connectivity index (χ3v) is 15.0. The minimum Gasteiger partial charge on any atom is -0.308 e. The van der Waals surface area contributed by atoms with E-state index >= 15 is 0 Å². The number of rotatable bonds is 17. The highest BCUT2D eigenvalue weighted by Crippen LogP contribution is 2.92. The van der Waals surface area contributed by atoms with Gasteiger partial charge in [-0.25, -0.2) is 0 Å². The van der Waals surface area contributed by atoms with Gasteiger partial charge in [-0.3, -0.25) is 13.7 Å². The molecule has 170 valence electrons. The summed E-state index contributed by atoms with van der Waals surface area (Å²) in [5.41, 5.74) is 0. The van der Waals surface area contributed by atoms with Crippen LogP contribution in [-0.2, 0) is 40.8 Å². The molecule has 0 atom stereocenters. The van der Waals surface area contributed by atoms with Crippen molar-refractivity contribution < 1.29 is 40.8 Å². The summed E-state index contributed by atoms with van der Waals surface area (Å²) < 4.78 is 73.3. The molecule has 0 spiro atoms. The van der Waals surface area contributed by atoms with E-state index in [1.807, 2.05) is 0 Å². The topological polar surface area (TPSA) is 107 Å². The van der Waals surface area contributed by atoms with Crippen molar-refractivity contribution in [3.05, 3.63) is 0 Å². The van der Waals surface area contributed by atoms with Crippen LogP contribution in [0, 0.1) is 0 Å². The van der Waals surface area contributed by atoms with Crippen molar-refractivity contribution in [3.63, 3.8) is 0 Å². The molecule has 0 radical (unpaired) electrons. The normalized spacial score (nSPS) is 13.8. The lowest BCUT2D eigenvalue weighted by Gasteiger charge is -2.44. The zero-order chi connectivity index (χ0) is 21.9. The summed E-state index contributed by atoms with van der Waals surface area (Å²) in [6.07, 6.45) is 0.206. The van der Waals surface area contributed by atoms with Crippen LogP contribution in [0.3, 0.4) is 0 Å².